The smallest absolute Gasteiger partial charge is 0.415 e. The molecule has 0 unspecified atom stereocenters. The van der Waals surface area contributed by atoms with Gasteiger partial charge in [-0.1, -0.05) is 19.9 Å². The van der Waals surface area contributed by atoms with E-state index in [1.807, 2.05) is 26.1 Å². The van der Waals surface area contributed by atoms with Crippen LogP contribution in [-0.4, -0.2) is 73.2 Å². The number of imidazole rings is 1. The SMILES string of the molecule is CC(C)c1[nH]c(=S)n(-c2ccc(OC(=O)N3CCN(CCCc4cccnc4)CC3)cn2)c1O. The Balaban J connectivity index is 1.26. The number of aromatic hydroxyl groups is 1. The van der Waals surface area contributed by atoms with Crippen molar-refractivity contribution in [3.8, 4) is 17.4 Å². The first-order valence-corrected chi connectivity index (χ1v) is 11.9. The molecule has 1 fully saturated rings. The molecule has 1 saturated heterocycles. The zero-order valence-electron chi connectivity index (χ0n) is 19.5. The van der Waals surface area contributed by atoms with Crippen LogP contribution < -0.4 is 4.74 Å². The van der Waals surface area contributed by atoms with Crippen LogP contribution in [0.5, 0.6) is 11.6 Å². The number of aromatic amines is 1. The van der Waals surface area contributed by atoms with Gasteiger partial charge in [0.2, 0.25) is 5.88 Å². The molecule has 2 N–H and O–H groups in total. The minimum absolute atomic E-state index is 0.0375. The van der Waals surface area contributed by atoms with E-state index in [0.717, 1.165) is 32.5 Å². The van der Waals surface area contributed by atoms with Gasteiger partial charge >= 0.3 is 6.09 Å². The number of aryl methyl sites for hydroxylation is 1. The van der Waals surface area contributed by atoms with Crippen LogP contribution in [0.15, 0.2) is 42.9 Å². The molecule has 10 heteroatoms. The van der Waals surface area contributed by atoms with Crippen molar-refractivity contribution in [2.75, 3.05) is 32.7 Å². The number of hydrogen-bond donors (Lipinski definition) is 2. The predicted molar refractivity (Wildman–Crippen MR) is 131 cm³/mol. The summed E-state index contributed by atoms with van der Waals surface area (Å²) in [5.41, 5.74) is 1.90. The molecule has 0 saturated carbocycles. The largest absolute Gasteiger partial charge is 0.493 e. The summed E-state index contributed by atoms with van der Waals surface area (Å²) in [6.45, 7) is 7.82. The fourth-order valence-electron chi connectivity index (χ4n) is 4.00. The molecule has 4 rings (SSSR count). The standard InChI is InChI=1S/C24H30N6O3S/c1-17(2)21-22(31)30(23(34)27-21)20-8-7-19(16-26-20)33-24(32)29-13-11-28(12-14-29)10-4-6-18-5-3-9-25-15-18/h3,5,7-9,15-17,31H,4,6,10-14H2,1-2H3,(H,27,34). The van der Waals surface area contributed by atoms with Crippen LogP contribution >= 0.6 is 12.2 Å². The van der Waals surface area contributed by atoms with Crippen molar-refractivity contribution in [3.05, 3.63) is 58.9 Å². The highest BCUT2D eigenvalue weighted by molar-refractivity contribution is 7.71. The molecule has 1 aliphatic heterocycles. The number of ether oxygens (including phenoxy) is 1. The van der Waals surface area contributed by atoms with Crippen LogP contribution in [0.1, 0.15) is 37.4 Å². The van der Waals surface area contributed by atoms with Gasteiger partial charge in [0.15, 0.2) is 10.5 Å². The van der Waals surface area contributed by atoms with Crippen LogP contribution in [0, 0.1) is 4.77 Å². The molecule has 0 spiro atoms. The highest BCUT2D eigenvalue weighted by atomic mass is 32.1. The summed E-state index contributed by atoms with van der Waals surface area (Å²) in [5.74, 6) is 0.920. The molecule has 1 amide bonds. The fraction of sp³-hybridized carbons (Fsp3) is 0.417. The minimum atomic E-state index is -0.382. The molecule has 0 radical (unpaired) electrons. The molecule has 0 aromatic carbocycles. The number of carbonyl (C=O) groups excluding carboxylic acids is 1. The van der Waals surface area contributed by atoms with Gasteiger partial charge in [0.25, 0.3) is 0 Å². The molecular weight excluding hydrogens is 452 g/mol. The predicted octanol–water partition coefficient (Wildman–Crippen LogP) is 3.90. The third-order valence-electron chi connectivity index (χ3n) is 5.92. The molecule has 180 valence electrons. The second-order valence-corrected chi connectivity index (χ2v) is 9.06. The Kier molecular flexibility index (Phi) is 7.59. The first-order chi connectivity index (χ1) is 16.4. The van der Waals surface area contributed by atoms with Crippen molar-refractivity contribution in [3.63, 3.8) is 0 Å². The normalized spacial score (nSPS) is 14.5. The summed E-state index contributed by atoms with van der Waals surface area (Å²) in [4.78, 5) is 28.2. The van der Waals surface area contributed by atoms with Gasteiger partial charge in [0.05, 0.1) is 11.9 Å². The Morgan fingerprint density at radius 3 is 2.62 bits per heavy atom. The molecular formula is C24H30N6O3S. The van der Waals surface area contributed by atoms with Gasteiger partial charge in [-0.25, -0.2) is 14.3 Å². The number of H-pyrrole nitrogens is 1. The Bertz CT molecular complexity index is 1150. The maximum Gasteiger partial charge on any atom is 0.415 e. The fourth-order valence-corrected chi connectivity index (χ4v) is 4.29. The monoisotopic (exact) mass is 482 g/mol. The number of aromatic nitrogens is 4. The average Bonchev–Trinajstić information content (AvgIpc) is 3.15. The van der Waals surface area contributed by atoms with E-state index in [0.29, 0.717) is 35.1 Å². The Hall–Kier alpha value is -3.24. The van der Waals surface area contributed by atoms with Gasteiger partial charge in [0.1, 0.15) is 5.82 Å². The van der Waals surface area contributed by atoms with Crippen molar-refractivity contribution in [1.82, 2.24) is 29.3 Å². The number of hydrogen-bond acceptors (Lipinski definition) is 7. The highest BCUT2D eigenvalue weighted by Crippen LogP contribution is 2.27. The molecule has 0 bridgehead atoms. The third-order valence-corrected chi connectivity index (χ3v) is 6.21. The Morgan fingerprint density at radius 1 is 1.21 bits per heavy atom. The second kappa shape index (κ2) is 10.8. The van der Waals surface area contributed by atoms with Crippen LogP contribution in [-0.2, 0) is 6.42 Å². The van der Waals surface area contributed by atoms with E-state index in [2.05, 4.69) is 25.9 Å². The molecule has 34 heavy (non-hydrogen) atoms. The lowest BCUT2D eigenvalue weighted by Crippen LogP contribution is -2.49. The number of amides is 1. The van der Waals surface area contributed by atoms with Crippen LogP contribution in [0.2, 0.25) is 0 Å². The molecule has 3 aromatic heterocycles. The quantitative estimate of drug-likeness (QED) is 0.493. The van der Waals surface area contributed by atoms with Gasteiger partial charge < -0.3 is 19.7 Å². The molecule has 4 heterocycles. The van der Waals surface area contributed by atoms with Crippen LogP contribution in [0.25, 0.3) is 5.82 Å². The van der Waals surface area contributed by atoms with Crippen molar-refractivity contribution >= 4 is 18.3 Å². The minimum Gasteiger partial charge on any atom is -0.493 e. The van der Waals surface area contributed by atoms with E-state index in [9.17, 15) is 9.90 Å². The number of nitrogens with zero attached hydrogens (tertiary/aromatic N) is 5. The van der Waals surface area contributed by atoms with Gasteiger partial charge in [-0.05, 0) is 61.3 Å². The van der Waals surface area contributed by atoms with Crippen molar-refractivity contribution in [1.29, 1.82) is 0 Å². The number of carbonyl (C=O) groups is 1. The maximum absolute atomic E-state index is 12.6. The lowest BCUT2D eigenvalue weighted by Gasteiger charge is -2.34. The van der Waals surface area contributed by atoms with Gasteiger partial charge in [0, 0.05) is 38.6 Å². The zero-order valence-corrected chi connectivity index (χ0v) is 20.3. The van der Waals surface area contributed by atoms with Gasteiger partial charge in [-0.3, -0.25) is 9.88 Å². The Morgan fingerprint density at radius 2 is 2.00 bits per heavy atom. The first kappa shape index (κ1) is 23.9. The number of pyridine rings is 2. The summed E-state index contributed by atoms with van der Waals surface area (Å²) in [6.07, 6.45) is 6.85. The Labute approximate surface area is 204 Å². The summed E-state index contributed by atoms with van der Waals surface area (Å²) < 4.78 is 7.34. The molecule has 9 nitrogen and oxygen atoms in total. The van der Waals surface area contributed by atoms with Crippen LogP contribution in [0.4, 0.5) is 4.79 Å². The molecule has 0 aliphatic carbocycles. The van der Waals surface area contributed by atoms with Crippen molar-refractivity contribution in [2.24, 2.45) is 0 Å². The summed E-state index contributed by atoms with van der Waals surface area (Å²) in [7, 11) is 0. The van der Waals surface area contributed by atoms with Crippen LogP contribution in [0.3, 0.4) is 0 Å². The lowest BCUT2D eigenvalue weighted by atomic mass is 10.1. The van der Waals surface area contributed by atoms with E-state index >= 15 is 0 Å². The lowest BCUT2D eigenvalue weighted by molar-refractivity contribution is 0.110. The average molecular weight is 483 g/mol. The van der Waals surface area contributed by atoms with E-state index in [-0.39, 0.29) is 17.9 Å². The first-order valence-electron chi connectivity index (χ1n) is 11.5. The summed E-state index contributed by atoms with van der Waals surface area (Å²) in [6, 6.07) is 7.38. The van der Waals surface area contributed by atoms with Gasteiger partial charge in [-0.2, -0.15) is 0 Å². The van der Waals surface area contributed by atoms with E-state index in [1.54, 1.807) is 23.2 Å². The highest BCUT2D eigenvalue weighted by Gasteiger charge is 2.23. The molecule has 0 atom stereocenters. The topological polar surface area (TPSA) is 99.5 Å². The van der Waals surface area contributed by atoms with E-state index < -0.39 is 0 Å². The second-order valence-electron chi connectivity index (χ2n) is 8.67. The van der Waals surface area contributed by atoms with Crippen molar-refractivity contribution in [2.45, 2.75) is 32.6 Å². The van der Waals surface area contributed by atoms with E-state index in [4.69, 9.17) is 17.0 Å². The third kappa shape index (κ3) is 5.63. The number of nitrogens with one attached hydrogen (secondary N) is 1. The zero-order chi connectivity index (χ0) is 24.1. The number of piperazine rings is 1. The van der Waals surface area contributed by atoms with E-state index in [1.165, 1.54) is 16.3 Å². The molecule has 3 aromatic rings. The van der Waals surface area contributed by atoms with Gasteiger partial charge in [-0.15, -0.1) is 0 Å². The number of rotatable bonds is 7. The maximum atomic E-state index is 12.6. The van der Waals surface area contributed by atoms with Crippen molar-refractivity contribution < 1.29 is 14.6 Å². The summed E-state index contributed by atoms with van der Waals surface area (Å²) in [5, 5.41) is 10.5. The molecule has 1 aliphatic rings. The summed E-state index contributed by atoms with van der Waals surface area (Å²) >= 11 is 5.32.